The number of nitrogens with zero attached hydrogens (tertiary/aromatic N) is 1. The van der Waals surface area contributed by atoms with Crippen LogP contribution in [0.3, 0.4) is 0 Å². The Balaban J connectivity index is 2.17. The van der Waals surface area contributed by atoms with Crippen LogP contribution in [0.15, 0.2) is 35.3 Å². The van der Waals surface area contributed by atoms with Crippen LogP contribution in [0.5, 0.6) is 0 Å². The van der Waals surface area contributed by atoms with Gasteiger partial charge in [0.25, 0.3) is 0 Å². The Morgan fingerprint density at radius 3 is 3.13 bits per heavy atom. The van der Waals surface area contributed by atoms with Crippen LogP contribution in [0, 0.1) is 0 Å². The van der Waals surface area contributed by atoms with Crippen molar-refractivity contribution in [2.45, 2.75) is 6.42 Å². The number of amides is 1. The summed E-state index contributed by atoms with van der Waals surface area (Å²) in [4.78, 5) is 13.4. The van der Waals surface area contributed by atoms with Gasteiger partial charge in [0.1, 0.15) is 0 Å². The van der Waals surface area contributed by atoms with Gasteiger partial charge in [0, 0.05) is 36.5 Å². The molecule has 0 saturated heterocycles. The van der Waals surface area contributed by atoms with Crippen LogP contribution in [0.4, 0.5) is 0 Å². The third kappa shape index (κ3) is 1.20. The zero-order valence-corrected chi connectivity index (χ0v) is 8.73. The number of hydrogen-bond donors (Lipinski definition) is 2. The topological polar surface area (TPSA) is 44.4 Å². The minimum absolute atomic E-state index is 0.0689. The maximum atomic E-state index is 11.4. The summed E-state index contributed by atoms with van der Waals surface area (Å²) >= 11 is 5.19. The van der Waals surface area contributed by atoms with Crippen LogP contribution in [0.25, 0.3) is 0 Å². The van der Waals surface area contributed by atoms with E-state index in [1.807, 2.05) is 17.2 Å². The minimum Gasteiger partial charge on any atom is -0.338 e. The molecule has 3 rings (SSSR count). The predicted molar refractivity (Wildman–Crippen MR) is 59.4 cm³/mol. The average molecular weight is 219 g/mol. The molecule has 3 heterocycles. The molecule has 4 nitrogen and oxygen atoms in total. The second-order valence-electron chi connectivity index (χ2n) is 3.60. The number of carbonyl (C=O) groups excluding carboxylic acids is 1. The van der Waals surface area contributed by atoms with Gasteiger partial charge in [0.2, 0.25) is 5.91 Å². The Hall–Kier alpha value is -1.62. The molecule has 0 unspecified atom stereocenters. The van der Waals surface area contributed by atoms with Crippen molar-refractivity contribution >= 4 is 23.2 Å². The van der Waals surface area contributed by atoms with Crippen LogP contribution < -0.4 is 10.6 Å². The number of nitrogens with one attached hydrogen (secondary N) is 2. The SMILES string of the molecule is O=C1C=CC2=CNC(=S)N3CCC(=C23)N1. The second-order valence-corrected chi connectivity index (χ2v) is 3.99. The quantitative estimate of drug-likeness (QED) is 0.577. The molecule has 0 spiro atoms. The molecule has 0 atom stereocenters. The molecule has 3 aliphatic rings. The Bertz CT molecular complexity index is 461. The predicted octanol–water partition coefficient (Wildman–Crippen LogP) is 0.362. The van der Waals surface area contributed by atoms with Gasteiger partial charge in [0.05, 0.1) is 5.70 Å². The maximum Gasteiger partial charge on any atom is 0.248 e. The zero-order valence-electron chi connectivity index (χ0n) is 7.91. The highest BCUT2D eigenvalue weighted by Crippen LogP contribution is 2.31. The van der Waals surface area contributed by atoms with Crippen LogP contribution in [-0.4, -0.2) is 22.5 Å². The lowest BCUT2D eigenvalue weighted by atomic mass is 10.1. The van der Waals surface area contributed by atoms with Crippen LogP contribution in [0.2, 0.25) is 0 Å². The highest BCUT2D eigenvalue weighted by Gasteiger charge is 2.31. The van der Waals surface area contributed by atoms with E-state index < -0.39 is 0 Å². The summed E-state index contributed by atoms with van der Waals surface area (Å²) < 4.78 is 0. The summed E-state index contributed by atoms with van der Waals surface area (Å²) in [7, 11) is 0. The molecule has 0 aromatic heterocycles. The van der Waals surface area contributed by atoms with Gasteiger partial charge in [-0.05, 0) is 18.3 Å². The number of carbonyl (C=O) groups is 1. The normalized spacial score (nSPS) is 23.2. The highest BCUT2D eigenvalue weighted by atomic mass is 32.1. The van der Waals surface area contributed by atoms with Crippen molar-refractivity contribution in [3.63, 3.8) is 0 Å². The molecule has 0 aromatic rings. The lowest BCUT2D eigenvalue weighted by Crippen LogP contribution is -2.39. The lowest BCUT2D eigenvalue weighted by Gasteiger charge is -2.27. The van der Waals surface area contributed by atoms with Crippen molar-refractivity contribution in [2.75, 3.05) is 6.54 Å². The van der Waals surface area contributed by atoms with Gasteiger partial charge in [-0.25, -0.2) is 0 Å². The van der Waals surface area contributed by atoms with E-state index >= 15 is 0 Å². The highest BCUT2D eigenvalue weighted by molar-refractivity contribution is 7.80. The van der Waals surface area contributed by atoms with E-state index in [2.05, 4.69) is 10.6 Å². The Morgan fingerprint density at radius 2 is 2.27 bits per heavy atom. The molecule has 0 radical (unpaired) electrons. The van der Waals surface area contributed by atoms with E-state index in [1.165, 1.54) is 0 Å². The number of allylic oxidation sites excluding steroid dienone is 1. The Labute approximate surface area is 92.3 Å². The van der Waals surface area contributed by atoms with Crippen molar-refractivity contribution in [1.82, 2.24) is 15.5 Å². The van der Waals surface area contributed by atoms with Crippen LogP contribution >= 0.6 is 12.2 Å². The van der Waals surface area contributed by atoms with Gasteiger partial charge in [-0.1, -0.05) is 0 Å². The number of hydrogen-bond acceptors (Lipinski definition) is 2. The molecule has 5 heteroatoms. The first-order valence-electron chi connectivity index (χ1n) is 4.76. The first-order valence-corrected chi connectivity index (χ1v) is 5.17. The molecule has 0 fully saturated rings. The minimum atomic E-state index is -0.0689. The van der Waals surface area contributed by atoms with E-state index in [9.17, 15) is 4.79 Å². The van der Waals surface area contributed by atoms with Crippen molar-refractivity contribution < 1.29 is 4.79 Å². The molecule has 2 N–H and O–H groups in total. The van der Waals surface area contributed by atoms with Gasteiger partial charge in [0.15, 0.2) is 5.11 Å². The first-order chi connectivity index (χ1) is 7.25. The molecular formula is C10H9N3OS. The van der Waals surface area contributed by atoms with Gasteiger partial charge in [-0.2, -0.15) is 0 Å². The molecular weight excluding hydrogens is 210 g/mol. The average Bonchev–Trinajstić information content (AvgIpc) is 2.55. The van der Waals surface area contributed by atoms with E-state index in [-0.39, 0.29) is 5.91 Å². The van der Waals surface area contributed by atoms with Crippen molar-refractivity contribution in [1.29, 1.82) is 0 Å². The molecule has 15 heavy (non-hydrogen) atoms. The molecule has 3 aliphatic heterocycles. The van der Waals surface area contributed by atoms with E-state index in [0.717, 1.165) is 29.9 Å². The van der Waals surface area contributed by atoms with Gasteiger partial charge < -0.3 is 15.5 Å². The summed E-state index contributed by atoms with van der Waals surface area (Å²) in [5, 5.41) is 6.60. The lowest BCUT2D eigenvalue weighted by molar-refractivity contribution is -0.115. The molecule has 1 amide bonds. The van der Waals surface area contributed by atoms with Gasteiger partial charge >= 0.3 is 0 Å². The Morgan fingerprint density at radius 1 is 1.40 bits per heavy atom. The molecule has 0 aromatic carbocycles. The standard InChI is InChI=1S/C10H9N3OS/c14-8-2-1-6-5-11-10(15)13-4-3-7(12-8)9(6)13/h1-2,5H,3-4H2,(H,11,15)(H,12,14). The van der Waals surface area contributed by atoms with Crippen LogP contribution in [0.1, 0.15) is 6.42 Å². The van der Waals surface area contributed by atoms with Crippen molar-refractivity contribution in [2.24, 2.45) is 0 Å². The third-order valence-electron chi connectivity index (χ3n) is 2.70. The van der Waals surface area contributed by atoms with Crippen molar-refractivity contribution in [3.05, 3.63) is 35.3 Å². The molecule has 0 aliphatic carbocycles. The van der Waals surface area contributed by atoms with Gasteiger partial charge in [-0.15, -0.1) is 0 Å². The summed E-state index contributed by atoms with van der Waals surface area (Å²) in [5.74, 6) is -0.0689. The monoisotopic (exact) mass is 219 g/mol. The summed E-state index contributed by atoms with van der Waals surface area (Å²) in [6.07, 6.45) is 6.03. The fourth-order valence-corrected chi connectivity index (χ4v) is 2.28. The largest absolute Gasteiger partial charge is 0.338 e. The third-order valence-corrected chi connectivity index (χ3v) is 3.04. The summed E-state index contributed by atoms with van der Waals surface area (Å²) in [5.41, 5.74) is 3.02. The second kappa shape index (κ2) is 2.93. The number of thiocarbonyl (C=S) groups is 1. The summed E-state index contributed by atoms with van der Waals surface area (Å²) in [6, 6.07) is 0. The van der Waals surface area contributed by atoms with Crippen LogP contribution in [-0.2, 0) is 4.79 Å². The Kier molecular flexibility index (Phi) is 1.70. The van der Waals surface area contributed by atoms with E-state index in [0.29, 0.717) is 5.11 Å². The number of rotatable bonds is 0. The molecule has 76 valence electrons. The molecule has 0 bridgehead atoms. The van der Waals surface area contributed by atoms with E-state index in [4.69, 9.17) is 12.2 Å². The smallest absolute Gasteiger partial charge is 0.248 e. The first kappa shape index (κ1) is 8.67. The van der Waals surface area contributed by atoms with E-state index in [1.54, 1.807) is 6.08 Å². The molecule has 0 saturated carbocycles. The van der Waals surface area contributed by atoms with Crippen molar-refractivity contribution in [3.8, 4) is 0 Å². The van der Waals surface area contributed by atoms with Gasteiger partial charge in [-0.3, -0.25) is 4.79 Å². The summed E-state index contributed by atoms with van der Waals surface area (Å²) in [6.45, 7) is 0.835. The fourth-order valence-electron chi connectivity index (χ4n) is 2.04. The fraction of sp³-hybridized carbons (Fsp3) is 0.200. The zero-order chi connectivity index (χ0) is 10.4. The maximum absolute atomic E-state index is 11.4.